The summed E-state index contributed by atoms with van der Waals surface area (Å²) < 4.78 is 0.544. The Balaban J connectivity index is 2.02. The number of hydrogen-bond acceptors (Lipinski definition) is 4. The number of nitrogens with one attached hydrogen (secondary N) is 1. The maximum Gasteiger partial charge on any atom is 0.269 e. The smallest absolute Gasteiger partial charge is 0.269 e. The first-order valence-corrected chi connectivity index (χ1v) is 6.69. The van der Waals surface area contributed by atoms with Gasteiger partial charge in [0.05, 0.1) is 10.6 Å². The summed E-state index contributed by atoms with van der Waals surface area (Å²) in [6.45, 7) is 0. The van der Waals surface area contributed by atoms with E-state index in [1.54, 1.807) is 36.5 Å². The van der Waals surface area contributed by atoms with Gasteiger partial charge in [-0.05, 0) is 51.8 Å². The summed E-state index contributed by atoms with van der Waals surface area (Å²) >= 11 is 3.23. The largest absolute Gasteiger partial charge is 0.320 e. The molecular formula is C14H10BrN3O3. The molecule has 7 heteroatoms. The van der Waals surface area contributed by atoms with Gasteiger partial charge in [0.2, 0.25) is 5.91 Å². The zero-order valence-electron chi connectivity index (χ0n) is 10.7. The summed E-state index contributed by atoms with van der Waals surface area (Å²) in [6, 6.07) is 9.34. The van der Waals surface area contributed by atoms with E-state index in [1.165, 1.54) is 18.2 Å². The molecule has 1 heterocycles. The van der Waals surface area contributed by atoms with E-state index in [9.17, 15) is 14.9 Å². The molecule has 1 aromatic carbocycles. The van der Waals surface area contributed by atoms with E-state index in [4.69, 9.17) is 0 Å². The number of anilines is 1. The molecule has 0 aliphatic carbocycles. The van der Waals surface area contributed by atoms with Crippen molar-refractivity contribution in [3.63, 3.8) is 0 Å². The number of rotatable bonds is 4. The Morgan fingerprint density at radius 2 is 2.00 bits per heavy atom. The maximum atomic E-state index is 11.8. The summed E-state index contributed by atoms with van der Waals surface area (Å²) in [7, 11) is 0. The van der Waals surface area contributed by atoms with Gasteiger partial charge in [0.25, 0.3) is 5.69 Å². The number of nitrogens with zero attached hydrogens (tertiary/aromatic N) is 2. The van der Waals surface area contributed by atoms with Gasteiger partial charge in [0, 0.05) is 24.4 Å². The van der Waals surface area contributed by atoms with Crippen LogP contribution in [-0.4, -0.2) is 15.8 Å². The highest BCUT2D eigenvalue weighted by Crippen LogP contribution is 2.18. The maximum absolute atomic E-state index is 11.8. The molecule has 0 aliphatic heterocycles. The van der Waals surface area contributed by atoms with E-state index < -0.39 is 4.92 Å². The Bertz CT molecular complexity index is 699. The lowest BCUT2D eigenvalue weighted by Gasteiger charge is -2.03. The van der Waals surface area contributed by atoms with Crippen molar-refractivity contribution in [3.8, 4) is 0 Å². The van der Waals surface area contributed by atoms with Crippen LogP contribution in [0.2, 0.25) is 0 Å². The van der Waals surface area contributed by atoms with E-state index in [2.05, 4.69) is 26.2 Å². The number of nitro groups is 1. The predicted octanol–water partition coefficient (Wildman–Crippen LogP) is 3.40. The molecular weight excluding hydrogens is 338 g/mol. The van der Waals surface area contributed by atoms with Gasteiger partial charge in [-0.1, -0.05) is 0 Å². The fraction of sp³-hybridized carbons (Fsp3) is 0. The third-order valence-electron chi connectivity index (χ3n) is 2.55. The molecule has 6 nitrogen and oxygen atoms in total. The van der Waals surface area contributed by atoms with E-state index >= 15 is 0 Å². The molecule has 0 fully saturated rings. The molecule has 1 amide bonds. The van der Waals surface area contributed by atoms with Crippen LogP contribution in [0.1, 0.15) is 5.56 Å². The zero-order valence-corrected chi connectivity index (χ0v) is 12.3. The second-order valence-corrected chi connectivity index (χ2v) is 4.76. The number of aromatic nitrogens is 1. The third kappa shape index (κ3) is 4.22. The molecule has 0 saturated carbocycles. The van der Waals surface area contributed by atoms with Crippen molar-refractivity contribution in [3.05, 3.63) is 69.0 Å². The van der Waals surface area contributed by atoms with Gasteiger partial charge >= 0.3 is 0 Å². The number of carbonyl (C=O) groups is 1. The highest BCUT2D eigenvalue weighted by molar-refractivity contribution is 9.10. The zero-order chi connectivity index (χ0) is 15.2. The second-order valence-electron chi connectivity index (χ2n) is 4.01. The quantitative estimate of drug-likeness (QED) is 0.397. The van der Waals surface area contributed by atoms with Crippen LogP contribution in [0.15, 0.2) is 53.3 Å². The first kappa shape index (κ1) is 14.9. The summed E-state index contributed by atoms with van der Waals surface area (Å²) in [5.74, 6) is -0.318. The number of non-ortho nitro benzene ring substituents is 1. The molecule has 1 aromatic heterocycles. The van der Waals surface area contributed by atoms with Gasteiger partial charge in [-0.25, -0.2) is 4.98 Å². The number of halogens is 1. The van der Waals surface area contributed by atoms with Crippen LogP contribution in [0.25, 0.3) is 6.08 Å². The molecule has 0 unspecified atom stereocenters. The van der Waals surface area contributed by atoms with Gasteiger partial charge in [-0.15, -0.1) is 0 Å². The Kier molecular flexibility index (Phi) is 4.78. The number of carbonyl (C=O) groups excluding carboxylic acids is 1. The second kappa shape index (κ2) is 6.76. The van der Waals surface area contributed by atoms with Crippen molar-refractivity contribution < 1.29 is 9.72 Å². The lowest BCUT2D eigenvalue weighted by atomic mass is 10.2. The van der Waals surface area contributed by atoms with E-state index in [0.717, 1.165) is 0 Å². The minimum absolute atomic E-state index is 0.0101. The van der Waals surface area contributed by atoms with Crippen molar-refractivity contribution in [1.82, 2.24) is 4.98 Å². The molecule has 21 heavy (non-hydrogen) atoms. The number of amides is 1. The van der Waals surface area contributed by atoms with E-state index in [0.29, 0.717) is 15.9 Å². The fourth-order valence-electron chi connectivity index (χ4n) is 1.53. The number of nitro benzene ring substituents is 1. The summed E-state index contributed by atoms with van der Waals surface area (Å²) in [5.41, 5.74) is 1.27. The van der Waals surface area contributed by atoms with E-state index in [-0.39, 0.29) is 11.6 Å². The molecule has 1 N–H and O–H groups in total. The first-order valence-electron chi connectivity index (χ1n) is 5.90. The van der Waals surface area contributed by atoms with Gasteiger partial charge in [-0.2, -0.15) is 0 Å². The molecule has 106 valence electrons. The Labute approximate surface area is 128 Å². The minimum Gasteiger partial charge on any atom is -0.320 e. The minimum atomic E-state index is -0.472. The Hall–Kier alpha value is -2.54. The van der Waals surface area contributed by atoms with Crippen molar-refractivity contribution >= 4 is 39.3 Å². The van der Waals surface area contributed by atoms with Crippen molar-refractivity contribution in [2.24, 2.45) is 0 Å². The van der Waals surface area contributed by atoms with E-state index in [1.807, 2.05) is 0 Å². The average Bonchev–Trinajstić information content (AvgIpc) is 2.48. The molecule has 0 aliphatic rings. The van der Waals surface area contributed by atoms with Crippen molar-refractivity contribution in [2.75, 3.05) is 5.32 Å². The number of benzene rings is 1. The highest BCUT2D eigenvalue weighted by Gasteiger charge is 2.04. The highest BCUT2D eigenvalue weighted by atomic mass is 79.9. The summed E-state index contributed by atoms with van der Waals surface area (Å²) in [4.78, 5) is 25.8. The summed E-state index contributed by atoms with van der Waals surface area (Å²) in [5, 5.41) is 13.2. The fourth-order valence-corrected chi connectivity index (χ4v) is 1.88. The molecule has 0 spiro atoms. The average molecular weight is 348 g/mol. The van der Waals surface area contributed by atoms with Crippen LogP contribution in [0.4, 0.5) is 11.4 Å². The van der Waals surface area contributed by atoms with Gasteiger partial charge < -0.3 is 5.32 Å². The topological polar surface area (TPSA) is 85.1 Å². The molecule has 0 bridgehead atoms. The third-order valence-corrected chi connectivity index (χ3v) is 3.18. The van der Waals surface area contributed by atoms with Gasteiger partial charge in [0.1, 0.15) is 4.60 Å². The standard InChI is InChI=1S/C14H10BrN3O3/c15-14-12(2-1-9-16-14)17-13(19)8-5-10-3-6-11(7-4-10)18(20)21/h1-9H,(H,17,19)/b8-5+. The SMILES string of the molecule is O=C(/C=C/c1ccc([N+](=O)[O-])cc1)Nc1cccnc1Br. The number of hydrogen-bond donors (Lipinski definition) is 1. The van der Waals surface area contributed by atoms with Gasteiger partial charge in [-0.3, -0.25) is 14.9 Å². The van der Waals surface area contributed by atoms with Gasteiger partial charge in [0.15, 0.2) is 0 Å². The van der Waals surface area contributed by atoms with Crippen LogP contribution >= 0.6 is 15.9 Å². The molecule has 2 aromatic rings. The number of pyridine rings is 1. The predicted molar refractivity (Wildman–Crippen MR) is 82.7 cm³/mol. The van der Waals surface area contributed by atoms with Crippen molar-refractivity contribution in [1.29, 1.82) is 0 Å². The van der Waals surface area contributed by atoms with Crippen molar-refractivity contribution in [2.45, 2.75) is 0 Å². The summed E-state index contributed by atoms with van der Waals surface area (Å²) in [6.07, 6.45) is 4.52. The Morgan fingerprint density at radius 3 is 2.62 bits per heavy atom. The molecule has 0 radical (unpaired) electrons. The monoisotopic (exact) mass is 347 g/mol. The normalized spacial score (nSPS) is 10.5. The lowest BCUT2D eigenvalue weighted by molar-refractivity contribution is -0.384. The van der Waals surface area contributed by atoms with Crippen LogP contribution in [-0.2, 0) is 4.79 Å². The Morgan fingerprint density at radius 1 is 1.29 bits per heavy atom. The van der Waals surface area contributed by atoms with Crippen LogP contribution in [0.5, 0.6) is 0 Å². The van der Waals surface area contributed by atoms with Crippen LogP contribution < -0.4 is 5.32 Å². The molecule has 0 atom stereocenters. The molecule has 0 saturated heterocycles. The first-order chi connectivity index (χ1) is 10.1. The van der Waals surface area contributed by atoms with Crippen LogP contribution in [0, 0.1) is 10.1 Å². The lowest BCUT2D eigenvalue weighted by Crippen LogP contribution is -2.08. The molecule has 2 rings (SSSR count). The van der Waals surface area contributed by atoms with Crippen LogP contribution in [0.3, 0.4) is 0 Å².